The molecule has 2 rings (SSSR count). The molecule has 5 heteroatoms. The number of nitrogens with one attached hydrogen (secondary N) is 1. The molecule has 100 valence electrons. The van der Waals surface area contributed by atoms with E-state index in [4.69, 9.17) is 0 Å². The van der Waals surface area contributed by atoms with Crippen LogP contribution in [0, 0.1) is 0 Å². The van der Waals surface area contributed by atoms with Gasteiger partial charge in [-0.05, 0) is 30.5 Å². The van der Waals surface area contributed by atoms with Crippen LogP contribution in [0.5, 0.6) is 0 Å². The number of hydrogen-bond acceptors (Lipinski definition) is 4. The highest BCUT2D eigenvalue weighted by atomic mass is 16.5. The Balaban J connectivity index is 2.21. The number of nitrogens with zero attached hydrogens (tertiary/aromatic N) is 1. The number of hydrogen-bond donors (Lipinski definition) is 1. The Labute approximate surface area is 111 Å². The fraction of sp³-hybridized carbons (Fsp3) is 0.429. The third-order valence-electron chi connectivity index (χ3n) is 3.54. The van der Waals surface area contributed by atoms with Crippen LogP contribution in [-0.4, -0.2) is 19.3 Å². The summed E-state index contributed by atoms with van der Waals surface area (Å²) in [5, 5.41) is 2.58. The van der Waals surface area contributed by atoms with Gasteiger partial charge in [0.05, 0.1) is 12.6 Å². The highest BCUT2D eigenvalue weighted by molar-refractivity contribution is 5.84. The summed E-state index contributed by atoms with van der Waals surface area (Å²) in [6, 6.07) is 7.34. The molecule has 0 radical (unpaired) electrons. The van der Waals surface area contributed by atoms with E-state index in [1.807, 2.05) is 12.1 Å². The Morgan fingerprint density at radius 3 is 2.47 bits per heavy atom. The van der Waals surface area contributed by atoms with Crippen molar-refractivity contribution in [3.63, 3.8) is 0 Å². The smallest absolute Gasteiger partial charge is 0.411 e. The Morgan fingerprint density at radius 1 is 1.32 bits per heavy atom. The fourth-order valence-electron chi connectivity index (χ4n) is 2.54. The van der Waals surface area contributed by atoms with E-state index in [2.05, 4.69) is 15.0 Å². The van der Waals surface area contributed by atoms with Crippen molar-refractivity contribution in [3.05, 3.63) is 29.8 Å². The molecule has 1 saturated carbocycles. The van der Waals surface area contributed by atoms with Crippen LogP contribution < -0.4 is 5.32 Å². The van der Waals surface area contributed by atoms with E-state index in [0.717, 1.165) is 31.2 Å². The van der Waals surface area contributed by atoms with Crippen LogP contribution in [0.4, 0.5) is 10.5 Å². The summed E-state index contributed by atoms with van der Waals surface area (Å²) in [4.78, 5) is 25.7. The van der Waals surface area contributed by atoms with Gasteiger partial charge in [0.25, 0.3) is 0 Å². The molecule has 0 aromatic heterocycles. The van der Waals surface area contributed by atoms with Gasteiger partial charge < -0.3 is 4.74 Å². The van der Waals surface area contributed by atoms with Gasteiger partial charge in [-0.2, -0.15) is 4.99 Å². The van der Waals surface area contributed by atoms with Crippen LogP contribution in [0.1, 0.15) is 31.2 Å². The molecule has 1 aliphatic rings. The van der Waals surface area contributed by atoms with Gasteiger partial charge in [-0.25, -0.2) is 9.59 Å². The summed E-state index contributed by atoms with van der Waals surface area (Å²) in [6.07, 6.45) is 5.04. The number of carbonyl (C=O) groups is 1. The van der Waals surface area contributed by atoms with Crippen LogP contribution in [0.2, 0.25) is 0 Å². The summed E-state index contributed by atoms with van der Waals surface area (Å²) in [7, 11) is 1.32. The topological polar surface area (TPSA) is 67.8 Å². The number of amides is 1. The predicted octanol–water partition coefficient (Wildman–Crippen LogP) is 2.97. The van der Waals surface area contributed by atoms with Gasteiger partial charge in [-0.3, -0.25) is 5.32 Å². The second-order valence-electron chi connectivity index (χ2n) is 4.64. The van der Waals surface area contributed by atoms with Gasteiger partial charge in [0, 0.05) is 5.69 Å². The lowest BCUT2D eigenvalue weighted by molar-refractivity contribution is 0.187. The molecule has 0 spiro atoms. The van der Waals surface area contributed by atoms with E-state index in [9.17, 15) is 9.59 Å². The quantitative estimate of drug-likeness (QED) is 0.671. The lowest BCUT2D eigenvalue weighted by Gasteiger charge is -2.22. The summed E-state index contributed by atoms with van der Waals surface area (Å²) in [5.41, 5.74) is 1.22. The second kappa shape index (κ2) is 5.67. The lowest BCUT2D eigenvalue weighted by atomic mass is 9.89. The standard InChI is InChI=1S/C14H16N2O3/c1-19-13(18)16-12-6-4-11(5-7-12)14(15-10-17)8-2-3-9-14/h4-7H,2-3,8-9H2,1H3,(H,16,18). The zero-order chi connectivity index (χ0) is 13.7. The molecule has 1 aliphatic carbocycles. The van der Waals surface area contributed by atoms with Crippen molar-refractivity contribution in [2.24, 2.45) is 4.99 Å². The number of isocyanates is 1. The third-order valence-corrected chi connectivity index (χ3v) is 3.54. The van der Waals surface area contributed by atoms with Crippen molar-refractivity contribution in [1.82, 2.24) is 0 Å². The molecule has 0 saturated heterocycles. The van der Waals surface area contributed by atoms with Gasteiger partial charge in [-0.1, -0.05) is 25.0 Å². The molecule has 19 heavy (non-hydrogen) atoms. The minimum atomic E-state index is -0.505. The lowest BCUT2D eigenvalue weighted by Crippen LogP contribution is -2.19. The van der Waals surface area contributed by atoms with E-state index in [1.165, 1.54) is 7.11 Å². The molecule has 1 aromatic carbocycles. The van der Waals surface area contributed by atoms with Crippen LogP contribution in [0.25, 0.3) is 0 Å². The maximum Gasteiger partial charge on any atom is 0.411 e. The minimum Gasteiger partial charge on any atom is -0.453 e. The van der Waals surface area contributed by atoms with Gasteiger partial charge in [0.2, 0.25) is 6.08 Å². The monoisotopic (exact) mass is 260 g/mol. The van der Waals surface area contributed by atoms with E-state index in [0.29, 0.717) is 5.69 Å². The third kappa shape index (κ3) is 2.83. The Bertz CT molecular complexity index is 498. The van der Waals surface area contributed by atoms with Crippen molar-refractivity contribution < 1.29 is 14.3 Å². The molecular weight excluding hydrogens is 244 g/mol. The van der Waals surface area contributed by atoms with E-state index >= 15 is 0 Å². The number of methoxy groups -OCH3 is 1. The van der Waals surface area contributed by atoms with Gasteiger partial charge in [0.15, 0.2) is 0 Å². The number of anilines is 1. The summed E-state index contributed by atoms with van der Waals surface area (Å²) >= 11 is 0. The highest BCUT2D eigenvalue weighted by Gasteiger charge is 2.35. The minimum absolute atomic E-state index is 0.425. The summed E-state index contributed by atoms with van der Waals surface area (Å²) in [6.45, 7) is 0. The molecule has 0 heterocycles. The molecule has 0 aliphatic heterocycles. The Morgan fingerprint density at radius 2 is 1.95 bits per heavy atom. The number of benzene rings is 1. The average Bonchev–Trinajstić information content (AvgIpc) is 2.89. The molecule has 1 amide bonds. The van der Waals surface area contributed by atoms with E-state index < -0.39 is 11.6 Å². The van der Waals surface area contributed by atoms with Gasteiger partial charge >= 0.3 is 6.09 Å². The molecule has 0 atom stereocenters. The van der Waals surface area contributed by atoms with E-state index in [-0.39, 0.29) is 0 Å². The zero-order valence-corrected chi connectivity index (χ0v) is 10.8. The maximum absolute atomic E-state index is 11.1. The molecule has 5 nitrogen and oxygen atoms in total. The van der Waals surface area contributed by atoms with Crippen LogP contribution in [0.3, 0.4) is 0 Å². The maximum atomic E-state index is 11.1. The van der Waals surface area contributed by atoms with Gasteiger partial charge in [-0.15, -0.1) is 0 Å². The van der Waals surface area contributed by atoms with Crippen LogP contribution in [0.15, 0.2) is 29.3 Å². The average molecular weight is 260 g/mol. The van der Waals surface area contributed by atoms with Crippen molar-refractivity contribution in [2.45, 2.75) is 31.2 Å². The first kappa shape index (κ1) is 13.3. The van der Waals surface area contributed by atoms with Gasteiger partial charge in [0.1, 0.15) is 0 Å². The first-order valence-corrected chi connectivity index (χ1v) is 6.25. The molecular formula is C14H16N2O3. The molecule has 0 bridgehead atoms. The SMILES string of the molecule is COC(=O)Nc1ccc(C2(N=C=O)CCCC2)cc1. The van der Waals surface area contributed by atoms with Crippen molar-refractivity contribution in [2.75, 3.05) is 12.4 Å². The number of ether oxygens (including phenoxy) is 1. The van der Waals surface area contributed by atoms with Crippen LogP contribution in [-0.2, 0) is 15.1 Å². The predicted molar refractivity (Wildman–Crippen MR) is 70.7 cm³/mol. The number of rotatable bonds is 3. The number of carbonyl (C=O) groups excluding carboxylic acids is 2. The Kier molecular flexibility index (Phi) is 3.97. The largest absolute Gasteiger partial charge is 0.453 e. The molecule has 1 fully saturated rings. The fourth-order valence-corrected chi connectivity index (χ4v) is 2.54. The van der Waals surface area contributed by atoms with Crippen molar-refractivity contribution >= 4 is 17.9 Å². The van der Waals surface area contributed by atoms with Crippen molar-refractivity contribution in [3.8, 4) is 0 Å². The molecule has 0 unspecified atom stereocenters. The first-order chi connectivity index (χ1) is 9.20. The molecule has 1 aromatic rings. The molecule has 1 N–H and O–H groups in total. The first-order valence-electron chi connectivity index (χ1n) is 6.25. The Hall–Kier alpha value is -2.13. The van der Waals surface area contributed by atoms with E-state index in [1.54, 1.807) is 18.2 Å². The zero-order valence-electron chi connectivity index (χ0n) is 10.8. The second-order valence-corrected chi connectivity index (χ2v) is 4.64. The van der Waals surface area contributed by atoms with Crippen molar-refractivity contribution in [1.29, 1.82) is 0 Å². The number of aliphatic imine (C=N–C) groups is 1. The summed E-state index contributed by atoms with van der Waals surface area (Å²) in [5.74, 6) is 0. The normalized spacial score (nSPS) is 16.5. The highest BCUT2D eigenvalue weighted by Crippen LogP contribution is 2.42. The summed E-state index contributed by atoms with van der Waals surface area (Å²) < 4.78 is 4.52. The van der Waals surface area contributed by atoms with Crippen LogP contribution >= 0.6 is 0 Å².